The van der Waals surface area contributed by atoms with E-state index in [1.807, 2.05) is 31.3 Å². The molecular weight excluding hydrogens is 232 g/mol. The molecule has 0 aliphatic heterocycles. The molecule has 0 saturated carbocycles. The lowest BCUT2D eigenvalue weighted by molar-refractivity contribution is 0.976. The van der Waals surface area contributed by atoms with Crippen molar-refractivity contribution in [1.29, 1.82) is 5.26 Å². The molecule has 0 amide bonds. The molecule has 0 spiro atoms. The van der Waals surface area contributed by atoms with Crippen LogP contribution in [0.1, 0.15) is 11.1 Å². The zero-order valence-corrected chi connectivity index (χ0v) is 11.0. The van der Waals surface area contributed by atoms with Crippen molar-refractivity contribution in [3.63, 3.8) is 0 Å². The maximum atomic E-state index is 9.50. The molecule has 0 atom stereocenters. The number of rotatable bonds is 1. The number of benzene rings is 2. The summed E-state index contributed by atoms with van der Waals surface area (Å²) in [6.45, 7) is 2.07. The molecule has 2 aromatic carbocycles. The Balaban J connectivity index is 2.42. The van der Waals surface area contributed by atoms with Gasteiger partial charge in [-0.1, -0.05) is 42.0 Å². The summed E-state index contributed by atoms with van der Waals surface area (Å²) in [5.74, 6) is 0. The lowest BCUT2D eigenvalue weighted by atomic mass is 10.0. The molecule has 0 saturated heterocycles. The summed E-state index contributed by atoms with van der Waals surface area (Å²) in [6.07, 6.45) is 0. The molecule has 3 aromatic rings. The number of aromatic nitrogens is 1. The van der Waals surface area contributed by atoms with Gasteiger partial charge in [-0.25, -0.2) is 0 Å². The zero-order valence-electron chi connectivity index (χ0n) is 11.0. The summed E-state index contributed by atoms with van der Waals surface area (Å²) < 4.78 is 2.10. The molecule has 2 nitrogen and oxygen atoms in total. The van der Waals surface area contributed by atoms with E-state index in [1.54, 1.807) is 0 Å². The number of aryl methyl sites for hydroxylation is 2. The van der Waals surface area contributed by atoms with E-state index in [2.05, 4.69) is 41.8 Å². The predicted octanol–water partition coefficient (Wildman–Crippen LogP) is 4.03. The Hall–Kier alpha value is -2.53. The minimum atomic E-state index is 0.753. The van der Waals surface area contributed by atoms with Gasteiger partial charge in [0.1, 0.15) is 6.07 Å². The quantitative estimate of drug-likeness (QED) is 0.637. The molecule has 0 fully saturated rings. The first-order valence-corrected chi connectivity index (χ1v) is 6.27. The first-order chi connectivity index (χ1) is 9.22. The summed E-state index contributed by atoms with van der Waals surface area (Å²) in [4.78, 5) is 0. The van der Waals surface area contributed by atoms with Crippen molar-refractivity contribution in [3.05, 3.63) is 59.7 Å². The van der Waals surface area contributed by atoms with Gasteiger partial charge in [-0.05, 0) is 24.6 Å². The van der Waals surface area contributed by atoms with Gasteiger partial charge in [0.25, 0.3) is 0 Å². The van der Waals surface area contributed by atoms with Crippen LogP contribution in [0, 0.1) is 18.3 Å². The van der Waals surface area contributed by atoms with Gasteiger partial charge in [-0.3, -0.25) is 0 Å². The minimum Gasteiger partial charge on any atom is -0.343 e. The Labute approximate surface area is 112 Å². The molecular formula is C17H14N2. The van der Waals surface area contributed by atoms with Crippen molar-refractivity contribution >= 4 is 10.9 Å². The standard InChI is InChI=1S/C17H14N2/c1-12-6-5-7-13(10-12)17-15(11-18)14-8-3-4-9-16(14)19(17)2/h3-10H,1-2H3. The molecule has 0 unspecified atom stereocenters. The normalized spacial score (nSPS) is 10.6. The highest BCUT2D eigenvalue weighted by Gasteiger charge is 2.15. The van der Waals surface area contributed by atoms with E-state index in [-0.39, 0.29) is 0 Å². The van der Waals surface area contributed by atoms with Gasteiger partial charge in [-0.15, -0.1) is 0 Å². The molecule has 92 valence electrons. The van der Waals surface area contributed by atoms with E-state index in [0.717, 1.165) is 27.7 Å². The predicted molar refractivity (Wildman–Crippen MR) is 77.8 cm³/mol. The smallest absolute Gasteiger partial charge is 0.102 e. The van der Waals surface area contributed by atoms with Crippen LogP contribution in [0.5, 0.6) is 0 Å². The fourth-order valence-electron chi connectivity index (χ4n) is 2.64. The van der Waals surface area contributed by atoms with Crippen molar-refractivity contribution in [2.45, 2.75) is 6.92 Å². The Kier molecular flexibility index (Phi) is 2.61. The van der Waals surface area contributed by atoms with Gasteiger partial charge in [0.2, 0.25) is 0 Å². The van der Waals surface area contributed by atoms with Gasteiger partial charge in [0.15, 0.2) is 0 Å². The Morgan fingerprint density at radius 1 is 1.05 bits per heavy atom. The molecule has 1 heterocycles. The number of hydrogen-bond donors (Lipinski definition) is 0. The van der Waals surface area contributed by atoms with Crippen LogP contribution in [0.2, 0.25) is 0 Å². The maximum Gasteiger partial charge on any atom is 0.102 e. The van der Waals surface area contributed by atoms with Crippen LogP contribution < -0.4 is 0 Å². The summed E-state index contributed by atoms with van der Waals surface area (Å²) in [5, 5.41) is 10.5. The Bertz CT molecular complexity index is 804. The van der Waals surface area contributed by atoms with Gasteiger partial charge in [0, 0.05) is 18.0 Å². The van der Waals surface area contributed by atoms with Crippen LogP contribution in [-0.4, -0.2) is 4.57 Å². The lowest BCUT2D eigenvalue weighted by Gasteiger charge is -2.06. The lowest BCUT2D eigenvalue weighted by Crippen LogP contribution is -1.92. The number of hydrogen-bond acceptors (Lipinski definition) is 1. The molecule has 1 aromatic heterocycles. The first kappa shape index (κ1) is 11.6. The molecule has 0 radical (unpaired) electrons. The monoisotopic (exact) mass is 246 g/mol. The van der Waals surface area contributed by atoms with Gasteiger partial charge >= 0.3 is 0 Å². The average molecular weight is 246 g/mol. The zero-order chi connectivity index (χ0) is 13.4. The third-order valence-electron chi connectivity index (χ3n) is 3.51. The fourth-order valence-corrected chi connectivity index (χ4v) is 2.64. The number of nitriles is 1. The molecule has 0 bridgehead atoms. The van der Waals surface area contributed by atoms with E-state index in [4.69, 9.17) is 0 Å². The first-order valence-electron chi connectivity index (χ1n) is 6.27. The molecule has 0 aliphatic carbocycles. The third kappa shape index (κ3) is 1.71. The average Bonchev–Trinajstić information content (AvgIpc) is 2.72. The Morgan fingerprint density at radius 3 is 2.58 bits per heavy atom. The molecule has 19 heavy (non-hydrogen) atoms. The summed E-state index contributed by atoms with van der Waals surface area (Å²) in [6, 6.07) is 18.7. The van der Waals surface area contributed by atoms with Gasteiger partial charge in [-0.2, -0.15) is 5.26 Å². The summed E-state index contributed by atoms with van der Waals surface area (Å²) >= 11 is 0. The SMILES string of the molecule is Cc1cccc(-c2c(C#N)c3ccccc3n2C)c1. The highest BCUT2D eigenvalue weighted by atomic mass is 14.9. The Morgan fingerprint density at radius 2 is 1.84 bits per heavy atom. The van der Waals surface area contributed by atoms with Gasteiger partial charge in [0.05, 0.1) is 11.3 Å². The molecule has 3 rings (SSSR count). The molecule has 0 N–H and O–H groups in total. The van der Waals surface area contributed by atoms with Crippen LogP contribution in [0.3, 0.4) is 0 Å². The van der Waals surface area contributed by atoms with E-state index >= 15 is 0 Å². The van der Waals surface area contributed by atoms with E-state index < -0.39 is 0 Å². The summed E-state index contributed by atoms with van der Waals surface area (Å²) in [7, 11) is 2.01. The van der Waals surface area contributed by atoms with Crippen LogP contribution >= 0.6 is 0 Å². The fraction of sp³-hybridized carbons (Fsp3) is 0.118. The van der Waals surface area contributed by atoms with Crippen LogP contribution in [-0.2, 0) is 7.05 Å². The van der Waals surface area contributed by atoms with Crippen LogP contribution in [0.15, 0.2) is 48.5 Å². The highest BCUT2D eigenvalue weighted by molar-refractivity contribution is 5.94. The van der Waals surface area contributed by atoms with Crippen molar-refractivity contribution in [1.82, 2.24) is 4.57 Å². The second kappa shape index (κ2) is 4.29. The number of fused-ring (bicyclic) bond motifs is 1. The van der Waals surface area contributed by atoms with E-state index in [1.165, 1.54) is 5.56 Å². The number of nitrogens with zero attached hydrogens (tertiary/aromatic N) is 2. The summed E-state index contributed by atoms with van der Waals surface area (Å²) in [5.41, 5.74) is 5.13. The second-order valence-electron chi connectivity index (χ2n) is 4.78. The van der Waals surface area contributed by atoms with Crippen molar-refractivity contribution < 1.29 is 0 Å². The molecule has 0 aliphatic rings. The van der Waals surface area contributed by atoms with E-state index in [9.17, 15) is 5.26 Å². The van der Waals surface area contributed by atoms with Crippen LogP contribution in [0.25, 0.3) is 22.2 Å². The van der Waals surface area contributed by atoms with Crippen molar-refractivity contribution in [3.8, 4) is 17.3 Å². The largest absolute Gasteiger partial charge is 0.343 e. The topological polar surface area (TPSA) is 28.7 Å². The molecule has 2 heteroatoms. The van der Waals surface area contributed by atoms with Crippen LogP contribution in [0.4, 0.5) is 0 Å². The van der Waals surface area contributed by atoms with Gasteiger partial charge < -0.3 is 4.57 Å². The second-order valence-corrected chi connectivity index (χ2v) is 4.78. The van der Waals surface area contributed by atoms with Crippen molar-refractivity contribution in [2.75, 3.05) is 0 Å². The maximum absolute atomic E-state index is 9.50. The van der Waals surface area contributed by atoms with Crippen molar-refractivity contribution in [2.24, 2.45) is 7.05 Å². The highest BCUT2D eigenvalue weighted by Crippen LogP contribution is 2.32. The third-order valence-corrected chi connectivity index (χ3v) is 3.51. The van der Waals surface area contributed by atoms with E-state index in [0.29, 0.717) is 0 Å². The minimum absolute atomic E-state index is 0.753. The number of para-hydroxylation sites is 1.